The number of aromatic hydroxyl groups is 1. The van der Waals surface area contributed by atoms with Crippen LogP contribution in [0.15, 0.2) is 36.4 Å². The number of hydrogen-bond donors (Lipinski definition) is 3. The van der Waals surface area contributed by atoms with E-state index in [0.29, 0.717) is 0 Å². The summed E-state index contributed by atoms with van der Waals surface area (Å²) in [4.78, 5) is 12.3. The second-order valence-corrected chi connectivity index (χ2v) is 5.17. The Morgan fingerprint density at radius 3 is 2.75 bits per heavy atom. The molecule has 1 amide bonds. The largest absolute Gasteiger partial charge is 0.507 e. The van der Waals surface area contributed by atoms with Crippen molar-refractivity contribution in [3.63, 3.8) is 0 Å². The maximum absolute atomic E-state index is 12.3. The molecular weight excluding hydrogens is 252 g/mol. The van der Waals surface area contributed by atoms with Gasteiger partial charge in [-0.1, -0.05) is 30.7 Å². The molecule has 1 atom stereocenters. The third-order valence-corrected chi connectivity index (χ3v) is 3.78. The summed E-state index contributed by atoms with van der Waals surface area (Å²) in [5.41, 5.74) is 0.746. The van der Waals surface area contributed by atoms with E-state index in [1.807, 2.05) is 24.3 Å². The van der Waals surface area contributed by atoms with E-state index in [9.17, 15) is 9.90 Å². The highest BCUT2D eigenvalue weighted by molar-refractivity contribution is 6.05. The Balaban J connectivity index is 1.87. The number of rotatable bonds is 2. The van der Waals surface area contributed by atoms with Crippen LogP contribution in [0, 0.1) is 0 Å². The van der Waals surface area contributed by atoms with Crippen molar-refractivity contribution in [3.05, 3.63) is 36.4 Å². The van der Waals surface area contributed by atoms with E-state index >= 15 is 0 Å². The number of phenolic OH excluding ortho intramolecular Hbond substituents is 1. The molecule has 4 heteroatoms. The molecule has 1 heterocycles. The summed E-state index contributed by atoms with van der Waals surface area (Å²) in [6, 6.07) is 10.8. The molecule has 3 N–H and O–H groups in total. The third kappa shape index (κ3) is 2.47. The molecule has 0 spiro atoms. The molecule has 1 aliphatic heterocycles. The van der Waals surface area contributed by atoms with Crippen LogP contribution in [0.3, 0.4) is 0 Å². The standard InChI is InChI=1S/C16H18N2O2/c19-15-9-4-5-11-12(15)6-3-8-13(11)18-16(20)14-7-1-2-10-17-14/h3-6,8-9,14,17,19H,1-2,7,10H2,(H,18,20)/t14-/m0/s1. The van der Waals surface area contributed by atoms with Crippen LogP contribution in [0.1, 0.15) is 19.3 Å². The first-order valence-electron chi connectivity index (χ1n) is 7.00. The Labute approximate surface area is 117 Å². The van der Waals surface area contributed by atoms with E-state index in [0.717, 1.165) is 42.3 Å². The predicted octanol–water partition coefficient (Wildman–Crippen LogP) is 2.63. The number of amides is 1. The monoisotopic (exact) mass is 270 g/mol. The fourth-order valence-corrected chi connectivity index (χ4v) is 2.70. The van der Waals surface area contributed by atoms with Crippen molar-refractivity contribution < 1.29 is 9.90 Å². The number of phenols is 1. The normalized spacial score (nSPS) is 18.9. The number of piperidine rings is 1. The lowest BCUT2D eigenvalue weighted by Gasteiger charge is -2.22. The van der Waals surface area contributed by atoms with Gasteiger partial charge in [-0.15, -0.1) is 0 Å². The molecular formula is C16H18N2O2. The van der Waals surface area contributed by atoms with Crippen LogP contribution in [0.25, 0.3) is 10.8 Å². The minimum Gasteiger partial charge on any atom is -0.507 e. The predicted molar refractivity (Wildman–Crippen MR) is 79.9 cm³/mol. The molecule has 1 saturated heterocycles. The number of carbonyl (C=O) groups excluding carboxylic acids is 1. The van der Waals surface area contributed by atoms with Crippen LogP contribution < -0.4 is 10.6 Å². The molecule has 2 aromatic carbocycles. The summed E-state index contributed by atoms with van der Waals surface area (Å²) in [7, 11) is 0. The van der Waals surface area contributed by atoms with Gasteiger partial charge in [0.15, 0.2) is 0 Å². The van der Waals surface area contributed by atoms with Crippen molar-refractivity contribution in [1.29, 1.82) is 0 Å². The van der Waals surface area contributed by atoms with Gasteiger partial charge in [0.05, 0.1) is 6.04 Å². The second-order valence-electron chi connectivity index (χ2n) is 5.17. The van der Waals surface area contributed by atoms with Crippen molar-refractivity contribution in [2.24, 2.45) is 0 Å². The van der Waals surface area contributed by atoms with Crippen molar-refractivity contribution in [1.82, 2.24) is 5.32 Å². The third-order valence-electron chi connectivity index (χ3n) is 3.78. The van der Waals surface area contributed by atoms with E-state index in [2.05, 4.69) is 10.6 Å². The summed E-state index contributed by atoms with van der Waals surface area (Å²) in [6.45, 7) is 0.897. The van der Waals surface area contributed by atoms with Crippen LogP contribution in [0.4, 0.5) is 5.69 Å². The van der Waals surface area contributed by atoms with Gasteiger partial charge in [-0.3, -0.25) is 4.79 Å². The summed E-state index contributed by atoms with van der Waals surface area (Å²) in [5.74, 6) is 0.231. The molecule has 0 aromatic heterocycles. The highest BCUT2D eigenvalue weighted by Gasteiger charge is 2.20. The molecule has 0 bridgehead atoms. The number of fused-ring (bicyclic) bond motifs is 1. The van der Waals surface area contributed by atoms with Gasteiger partial charge in [0.1, 0.15) is 5.75 Å². The van der Waals surface area contributed by atoms with Gasteiger partial charge in [0.25, 0.3) is 0 Å². The molecule has 2 aromatic rings. The molecule has 0 aliphatic carbocycles. The molecule has 20 heavy (non-hydrogen) atoms. The minimum atomic E-state index is -0.115. The summed E-state index contributed by atoms with van der Waals surface area (Å²) >= 11 is 0. The van der Waals surface area contributed by atoms with Gasteiger partial charge in [-0.05, 0) is 31.5 Å². The summed E-state index contributed by atoms with van der Waals surface area (Å²) in [6.07, 6.45) is 3.09. The fraction of sp³-hybridized carbons (Fsp3) is 0.312. The van der Waals surface area contributed by atoms with E-state index in [4.69, 9.17) is 0 Å². The van der Waals surface area contributed by atoms with Gasteiger partial charge in [0.2, 0.25) is 5.91 Å². The summed E-state index contributed by atoms with van der Waals surface area (Å²) < 4.78 is 0. The highest BCUT2D eigenvalue weighted by Crippen LogP contribution is 2.29. The molecule has 0 radical (unpaired) electrons. The number of carbonyl (C=O) groups is 1. The molecule has 0 unspecified atom stereocenters. The van der Waals surface area contributed by atoms with Crippen molar-refractivity contribution in [2.75, 3.05) is 11.9 Å². The molecule has 104 valence electrons. The fourth-order valence-electron chi connectivity index (χ4n) is 2.70. The first kappa shape index (κ1) is 12.9. The Morgan fingerprint density at radius 2 is 1.95 bits per heavy atom. The molecule has 1 fully saturated rings. The zero-order valence-electron chi connectivity index (χ0n) is 11.2. The lowest BCUT2D eigenvalue weighted by molar-refractivity contribution is -0.118. The van der Waals surface area contributed by atoms with Gasteiger partial charge in [0, 0.05) is 16.5 Å². The minimum absolute atomic E-state index is 0.000503. The van der Waals surface area contributed by atoms with Crippen LogP contribution in [-0.4, -0.2) is 23.6 Å². The Hall–Kier alpha value is -2.07. The molecule has 0 saturated carbocycles. The van der Waals surface area contributed by atoms with Crippen molar-refractivity contribution in [2.45, 2.75) is 25.3 Å². The Bertz CT molecular complexity index is 633. The summed E-state index contributed by atoms with van der Waals surface area (Å²) in [5, 5.41) is 17.7. The van der Waals surface area contributed by atoms with E-state index in [1.54, 1.807) is 12.1 Å². The molecule has 4 nitrogen and oxygen atoms in total. The van der Waals surface area contributed by atoms with Crippen LogP contribution in [-0.2, 0) is 4.79 Å². The highest BCUT2D eigenvalue weighted by atomic mass is 16.3. The maximum Gasteiger partial charge on any atom is 0.241 e. The van der Waals surface area contributed by atoms with Crippen molar-refractivity contribution >= 4 is 22.4 Å². The van der Waals surface area contributed by atoms with Gasteiger partial charge in [-0.2, -0.15) is 0 Å². The number of benzene rings is 2. The van der Waals surface area contributed by atoms with E-state index in [1.165, 1.54) is 0 Å². The van der Waals surface area contributed by atoms with Crippen LogP contribution in [0.5, 0.6) is 5.75 Å². The Morgan fingerprint density at radius 1 is 1.15 bits per heavy atom. The number of anilines is 1. The second kappa shape index (κ2) is 5.51. The lowest BCUT2D eigenvalue weighted by Crippen LogP contribution is -2.43. The van der Waals surface area contributed by atoms with Crippen molar-refractivity contribution in [3.8, 4) is 5.75 Å². The van der Waals surface area contributed by atoms with Crippen LogP contribution >= 0.6 is 0 Å². The first-order chi connectivity index (χ1) is 9.75. The number of hydrogen-bond acceptors (Lipinski definition) is 3. The van der Waals surface area contributed by atoms with E-state index in [-0.39, 0.29) is 17.7 Å². The van der Waals surface area contributed by atoms with Gasteiger partial charge >= 0.3 is 0 Å². The maximum atomic E-state index is 12.3. The average Bonchev–Trinajstić information content (AvgIpc) is 2.49. The van der Waals surface area contributed by atoms with Gasteiger partial charge < -0.3 is 15.7 Å². The number of nitrogens with one attached hydrogen (secondary N) is 2. The van der Waals surface area contributed by atoms with Crippen LogP contribution in [0.2, 0.25) is 0 Å². The first-order valence-corrected chi connectivity index (χ1v) is 7.00. The zero-order valence-corrected chi connectivity index (χ0v) is 11.2. The molecule has 1 aliphatic rings. The lowest BCUT2D eigenvalue weighted by atomic mass is 10.0. The van der Waals surface area contributed by atoms with Gasteiger partial charge in [-0.25, -0.2) is 0 Å². The molecule has 3 rings (SSSR count). The zero-order chi connectivity index (χ0) is 13.9. The Kier molecular flexibility index (Phi) is 3.56. The quantitative estimate of drug-likeness (QED) is 0.786. The van der Waals surface area contributed by atoms with E-state index < -0.39 is 0 Å². The smallest absolute Gasteiger partial charge is 0.241 e. The average molecular weight is 270 g/mol. The SMILES string of the molecule is O=C(Nc1cccc2c(O)cccc12)[C@@H]1CCCCN1. The topological polar surface area (TPSA) is 61.4 Å².